The van der Waals surface area contributed by atoms with E-state index in [0.29, 0.717) is 23.8 Å². The number of carbonyl (C=O) groups excluding carboxylic acids is 1. The van der Waals surface area contributed by atoms with Gasteiger partial charge in [0.1, 0.15) is 5.69 Å². The van der Waals surface area contributed by atoms with Crippen LogP contribution in [-0.2, 0) is 0 Å². The Kier molecular flexibility index (Phi) is 4.00. The molecule has 1 atom stereocenters. The molecule has 1 aliphatic heterocycles. The molecule has 0 aliphatic carbocycles. The van der Waals surface area contributed by atoms with Crippen LogP contribution < -0.4 is 5.32 Å². The quantitative estimate of drug-likeness (QED) is 0.927. The van der Waals surface area contributed by atoms with Gasteiger partial charge in [0.15, 0.2) is 0 Å². The van der Waals surface area contributed by atoms with E-state index in [1.807, 2.05) is 29.2 Å². The number of hydrogen-bond acceptors (Lipinski definition) is 4. The molecule has 1 amide bonds. The summed E-state index contributed by atoms with van der Waals surface area (Å²) in [5.74, 6) is -0.0299. The lowest BCUT2D eigenvalue weighted by atomic mass is 10.0. The van der Waals surface area contributed by atoms with E-state index in [2.05, 4.69) is 10.3 Å². The molecule has 1 aromatic carbocycles. The van der Waals surface area contributed by atoms with E-state index in [0.717, 1.165) is 12.1 Å². The number of hydrogen-bond donors (Lipinski definition) is 1. The van der Waals surface area contributed by atoms with Crippen LogP contribution in [0.3, 0.4) is 0 Å². The predicted octanol–water partition coefficient (Wildman–Crippen LogP) is 2.58. The molecule has 1 unspecified atom stereocenters. The average Bonchev–Trinajstić information content (AvgIpc) is 3.01. The van der Waals surface area contributed by atoms with E-state index in [4.69, 9.17) is 11.6 Å². The van der Waals surface area contributed by atoms with E-state index >= 15 is 0 Å². The number of carbonyl (C=O) groups is 1. The number of nitrogens with one attached hydrogen (secondary N) is 1. The minimum Gasteiger partial charge on any atom is -0.328 e. The smallest absolute Gasteiger partial charge is 0.273 e. The van der Waals surface area contributed by atoms with Crippen LogP contribution in [0.4, 0.5) is 0 Å². The van der Waals surface area contributed by atoms with Crippen LogP contribution in [0.1, 0.15) is 22.1 Å². The van der Waals surface area contributed by atoms with E-state index < -0.39 is 0 Å². The Hall–Kier alpha value is -1.43. The van der Waals surface area contributed by atoms with Crippen molar-refractivity contribution in [3.05, 3.63) is 51.4 Å². The summed E-state index contributed by atoms with van der Waals surface area (Å²) in [6.07, 6.45) is 0. The summed E-state index contributed by atoms with van der Waals surface area (Å²) in [5, 5.41) is 5.80. The number of aromatic nitrogens is 1. The molecule has 2 heterocycles. The molecule has 6 heteroatoms. The van der Waals surface area contributed by atoms with Crippen molar-refractivity contribution >= 4 is 28.8 Å². The number of amides is 1. The number of thiazole rings is 1. The lowest BCUT2D eigenvalue weighted by Gasteiger charge is -2.36. The monoisotopic (exact) mass is 307 g/mol. The highest BCUT2D eigenvalue weighted by molar-refractivity contribution is 7.07. The van der Waals surface area contributed by atoms with Crippen LogP contribution >= 0.6 is 22.9 Å². The lowest BCUT2D eigenvalue weighted by Crippen LogP contribution is -2.48. The number of rotatable bonds is 2. The van der Waals surface area contributed by atoms with Gasteiger partial charge in [0.25, 0.3) is 5.91 Å². The third-order valence-corrected chi connectivity index (χ3v) is 4.35. The highest BCUT2D eigenvalue weighted by Crippen LogP contribution is 2.29. The van der Waals surface area contributed by atoms with Gasteiger partial charge < -0.3 is 10.2 Å². The van der Waals surface area contributed by atoms with Crippen LogP contribution in [0.2, 0.25) is 5.02 Å². The van der Waals surface area contributed by atoms with Gasteiger partial charge >= 0.3 is 0 Å². The fourth-order valence-electron chi connectivity index (χ4n) is 2.44. The van der Waals surface area contributed by atoms with Crippen molar-refractivity contribution < 1.29 is 4.79 Å². The van der Waals surface area contributed by atoms with Gasteiger partial charge in [0.05, 0.1) is 11.6 Å². The van der Waals surface area contributed by atoms with Gasteiger partial charge in [-0.25, -0.2) is 4.98 Å². The Morgan fingerprint density at radius 2 is 2.30 bits per heavy atom. The second-order valence-corrected chi connectivity index (χ2v) is 5.74. The molecular formula is C14H14ClN3OS. The minimum absolute atomic E-state index is 0.0299. The molecule has 20 heavy (non-hydrogen) atoms. The Bertz CT molecular complexity index is 602. The summed E-state index contributed by atoms with van der Waals surface area (Å²) in [7, 11) is 0. The number of benzene rings is 1. The van der Waals surface area contributed by atoms with Crippen molar-refractivity contribution in [2.75, 3.05) is 19.6 Å². The first kappa shape index (κ1) is 13.5. The molecular weight excluding hydrogens is 294 g/mol. The van der Waals surface area contributed by atoms with Crippen molar-refractivity contribution in [1.29, 1.82) is 0 Å². The Labute approximate surface area is 126 Å². The van der Waals surface area contributed by atoms with Crippen LogP contribution in [-0.4, -0.2) is 35.4 Å². The molecule has 1 fully saturated rings. The molecule has 3 rings (SSSR count). The molecule has 0 spiro atoms. The summed E-state index contributed by atoms with van der Waals surface area (Å²) in [4.78, 5) is 18.5. The first-order chi connectivity index (χ1) is 9.77. The molecule has 2 aromatic rings. The fourth-order valence-corrected chi connectivity index (χ4v) is 3.22. The largest absolute Gasteiger partial charge is 0.328 e. The maximum absolute atomic E-state index is 12.6. The van der Waals surface area contributed by atoms with E-state index in [1.54, 1.807) is 10.9 Å². The molecule has 1 N–H and O–H groups in total. The Balaban J connectivity index is 1.92. The second-order valence-electron chi connectivity index (χ2n) is 4.61. The topological polar surface area (TPSA) is 45.2 Å². The summed E-state index contributed by atoms with van der Waals surface area (Å²) >= 11 is 7.70. The maximum atomic E-state index is 12.6. The van der Waals surface area contributed by atoms with Crippen molar-refractivity contribution in [2.24, 2.45) is 0 Å². The van der Waals surface area contributed by atoms with Gasteiger partial charge in [0.2, 0.25) is 0 Å². The Morgan fingerprint density at radius 1 is 1.45 bits per heavy atom. The first-order valence-electron chi connectivity index (χ1n) is 6.41. The molecule has 0 saturated carbocycles. The second kappa shape index (κ2) is 5.91. The normalized spacial score (nSPS) is 19.1. The van der Waals surface area contributed by atoms with Gasteiger partial charge in [0, 0.05) is 30.0 Å². The summed E-state index contributed by atoms with van der Waals surface area (Å²) in [6, 6.07) is 7.63. The summed E-state index contributed by atoms with van der Waals surface area (Å²) < 4.78 is 0. The molecule has 1 aliphatic rings. The van der Waals surface area contributed by atoms with Crippen molar-refractivity contribution in [1.82, 2.24) is 15.2 Å². The molecule has 1 aromatic heterocycles. The Morgan fingerprint density at radius 3 is 3.05 bits per heavy atom. The van der Waals surface area contributed by atoms with Gasteiger partial charge in [-0.15, -0.1) is 11.3 Å². The third kappa shape index (κ3) is 2.57. The standard InChI is InChI=1S/C14H14ClN3OS/c15-11-4-2-1-3-10(11)13-7-16-5-6-18(13)14(19)12-8-20-9-17-12/h1-4,8-9,13,16H,5-7H2. The zero-order valence-electron chi connectivity index (χ0n) is 10.8. The molecule has 4 nitrogen and oxygen atoms in total. The molecule has 104 valence electrons. The highest BCUT2D eigenvalue weighted by Gasteiger charge is 2.30. The minimum atomic E-state index is -0.0494. The first-order valence-corrected chi connectivity index (χ1v) is 7.74. The van der Waals surface area contributed by atoms with Gasteiger partial charge in [-0.05, 0) is 11.6 Å². The number of piperazine rings is 1. The SMILES string of the molecule is O=C(c1cscn1)N1CCNCC1c1ccccc1Cl. The zero-order valence-corrected chi connectivity index (χ0v) is 12.3. The van der Waals surface area contributed by atoms with Crippen LogP contribution in [0.25, 0.3) is 0 Å². The summed E-state index contributed by atoms with van der Waals surface area (Å²) in [5.41, 5.74) is 3.17. The van der Waals surface area contributed by atoms with Gasteiger partial charge in [-0.3, -0.25) is 4.79 Å². The predicted molar refractivity (Wildman–Crippen MR) is 80.2 cm³/mol. The summed E-state index contributed by atoms with van der Waals surface area (Å²) in [6.45, 7) is 2.16. The molecule has 0 radical (unpaired) electrons. The zero-order chi connectivity index (χ0) is 13.9. The number of halogens is 1. The van der Waals surface area contributed by atoms with Crippen molar-refractivity contribution in [2.45, 2.75) is 6.04 Å². The maximum Gasteiger partial charge on any atom is 0.273 e. The molecule has 0 bridgehead atoms. The fraction of sp³-hybridized carbons (Fsp3) is 0.286. The third-order valence-electron chi connectivity index (χ3n) is 3.42. The lowest BCUT2D eigenvalue weighted by molar-refractivity contribution is 0.0629. The average molecular weight is 308 g/mol. The number of nitrogens with zero attached hydrogens (tertiary/aromatic N) is 2. The van der Waals surface area contributed by atoms with Crippen LogP contribution in [0.15, 0.2) is 35.2 Å². The van der Waals surface area contributed by atoms with E-state index in [1.165, 1.54) is 11.3 Å². The van der Waals surface area contributed by atoms with Gasteiger partial charge in [-0.2, -0.15) is 0 Å². The highest BCUT2D eigenvalue weighted by atomic mass is 35.5. The molecule has 1 saturated heterocycles. The van der Waals surface area contributed by atoms with Crippen LogP contribution in [0, 0.1) is 0 Å². The van der Waals surface area contributed by atoms with E-state index in [9.17, 15) is 4.79 Å². The van der Waals surface area contributed by atoms with Crippen LogP contribution in [0.5, 0.6) is 0 Å². The van der Waals surface area contributed by atoms with Crippen molar-refractivity contribution in [3.8, 4) is 0 Å². The van der Waals surface area contributed by atoms with Gasteiger partial charge in [-0.1, -0.05) is 29.8 Å². The van der Waals surface area contributed by atoms with E-state index in [-0.39, 0.29) is 11.9 Å². The van der Waals surface area contributed by atoms with Crippen molar-refractivity contribution in [3.63, 3.8) is 0 Å².